The van der Waals surface area contributed by atoms with E-state index in [4.69, 9.17) is 0 Å². The van der Waals surface area contributed by atoms with Gasteiger partial charge in [0.1, 0.15) is 0 Å². The molecule has 1 N–H and O–H groups in total. The third-order valence-electron chi connectivity index (χ3n) is 4.55. The van der Waals surface area contributed by atoms with Crippen molar-refractivity contribution in [3.05, 3.63) is 0 Å². The SMILES string of the molecule is CC(C)(C)NCC1CCC1N1CCN(CC(F)(F)F)CC1. The normalized spacial score (nSPS) is 29.4. The summed E-state index contributed by atoms with van der Waals surface area (Å²) in [6, 6.07) is 0.563. The minimum absolute atomic E-state index is 0.131. The van der Waals surface area contributed by atoms with Crippen LogP contribution in [0.25, 0.3) is 0 Å². The molecule has 3 nitrogen and oxygen atoms in total. The second-order valence-electron chi connectivity index (χ2n) is 7.46. The van der Waals surface area contributed by atoms with E-state index >= 15 is 0 Å². The van der Waals surface area contributed by atoms with Crippen molar-refractivity contribution >= 4 is 0 Å². The van der Waals surface area contributed by atoms with Crippen LogP contribution in [0.1, 0.15) is 33.6 Å². The molecule has 0 aromatic rings. The summed E-state index contributed by atoms with van der Waals surface area (Å²) >= 11 is 0. The molecule has 2 fully saturated rings. The first kappa shape index (κ1) is 17.0. The molecule has 0 bridgehead atoms. The van der Waals surface area contributed by atoms with Crippen molar-refractivity contribution in [2.75, 3.05) is 39.3 Å². The molecule has 2 rings (SSSR count). The van der Waals surface area contributed by atoms with E-state index in [0.717, 1.165) is 19.6 Å². The average Bonchev–Trinajstić information content (AvgIpc) is 2.27. The van der Waals surface area contributed by atoms with E-state index in [-0.39, 0.29) is 5.54 Å². The van der Waals surface area contributed by atoms with Gasteiger partial charge in [-0.15, -0.1) is 0 Å². The fraction of sp³-hybridized carbons (Fsp3) is 1.00. The molecule has 2 aliphatic rings. The molecule has 0 aromatic heterocycles. The van der Waals surface area contributed by atoms with Gasteiger partial charge in [-0.05, 0) is 46.1 Å². The highest BCUT2D eigenvalue weighted by molar-refractivity contribution is 4.93. The lowest BCUT2D eigenvalue weighted by atomic mass is 9.77. The van der Waals surface area contributed by atoms with Gasteiger partial charge >= 0.3 is 6.18 Å². The summed E-state index contributed by atoms with van der Waals surface area (Å²) in [6.45, 7) is 9.35. The summed E-state index contributed by atoms with van der Waals surface area (Å²) in [5.41, 5.74) is 0.131. The van der Waals surface area contributed by atoms with Crippen LogP contribution < -0.4 is 5.32 Å². The molecule has 1 aliphatic carbocycles. The number of rotatable bonds is 4. The van der Waals surface area contributed by atoms with Crippen LogP contribution in [-0.4, -0.2) is 66.8 Å². The van der Waals surface area contributed by atoms with Crippen LogP contribution in [0, 0.1) is 5.92 Å². The van der Waals surface area contributed by atoms with Crippen LogP contribution in [0.3, 0.4) is 0 Å². The van der Waals surface area contributed by atoms with Gasteiger partial charge in [0.2, 0.25) is 0 Å². The van der Waals surface area contributed by atoms with Gasteiger partial charge in [-0.2, -0.15) is 13.2 Å². The van der Waals surface area contributed by atoms with Crippen LogP contribution in [0.2, 0.25) is 0 Å². The lowest BCUT2D eigenvalue weighted by molar-refractivity contribution is -0.150. The number of alkyl halides is 3. The van der Waals surface area contributed by atoms with E-state index in [2.05, 4.69) is 31.0 Å². The fourth-order valence-corrected chi connectivity index (χ4v) is 3.21. The molecule has 1 saturated carbocycles. The van der Waals surface area contributed by atoms with Gasteiger partial charge < -0.3 is 5.32 Å². The monoisotopic (exact) mass is 307 g/mol. The quantitative estimate of drug-likeness (QED) is 0.860. The topological polar surface area (TPSA) is 18.5 Å². The average molecular weight is 307 g/mol. The second-order valence-corrected chi connectivity index (χ2v) is 7.46. The Kier molecular flexibility index (Phi) is 5.21. The Bertz CT molecular complexity index is 330. The van der Waals surface area contributed by atoms with Gasteiger partial charge in [0, 0.05) is 37.8 Å². The number of hydrogen-bond donors (Lipinski definition) is 1. The van der Waals surface area contributed by atoms with Crippen molar-refractivity contribution in [1.82, 2.24) is 15.1 Å². The van der Waals surface area contributed by atoms with Crippen molar-refractivity contribution in [3.63, 3.8) is 0 Å². The molecule has 1 aliphatic heterocycles. The molecular weight excluding hydrogens is 279 g/mol. The zero-order chi connectivity index (χ0) is 15.7. The molecule has 21 heavy (non-hydrogen) atoms. The van der Waals surface area contributed by atoms with E-state index in [1.807, 2.05) is 0 Å². The maximum absolute atomic E-state index is 12.4. The third kappa shape index (κ3) is 5.42. The van der Waals surface area contributed by atoms with Crippen molar-refractivity contribution < 1.29 is 13.2 Å². The second kappa shape index (κ2) is 6.42. The van der Waals surface area contributed by atoms with Gasteiger partial charge in [-0.25, -0.2) is 0 Å². The van der Waals surface area contributed by atoms with E-state index in [0.29, 0.717) is 25.0 Å². The van der Waals surface area contributed by atoms with Crippen LogP contribution >= 0.6 is 0 Å². The van der Waals surface area contributed by atoms with Gasteiger partial charge in [-0.1, -0.05) is 0 Å². The number of nitrogens with one attached hydrogen (secondary N) is 1. The Hall–Kier alpha value is -0.330. The first-order valence-electron chi connectivity index (χ1n) is 7.92. The van der Waals surface area contributed by atoms with E-state index in [1.54, 1.807) is 0 Å². The standard InChI is InChI=1S/C15H28F3N3/c1-14(2,3)19-10-12-4-5-13(12)21-8-6-20(7-9-21)11-15(16,17)18/h12-13,19H,4-11H2,1-3H3. The Morgan fingerprint density at radius 1 is 1.00 bits per heavy atom. The highest BCUT2D eigenvalue weighted by atomic mass is 19.4. The summed E-state index contributed by atoms with van der Waals surface area (Å²) in [4.78, 5) is 3.92. The minimum Gasteiger partial charge on any atom is -0.312 e. The van der Waals surface area contributed by atoms with Crippen LogP contribution in [0.4, 0.5) is 13.2 Å². The molecule has 1 heterocycles. The summed E-state index contributed by atoms with van der Waals surface area (Å²) in [7, 11) is 0. The van der Waals surface area contributed by atoms with Gasteiger partial charge in [0.05, 0.1) is 6.54 Å². The predicted molar refractivity (Wildman–Crippen MR) is 78.3 cm³/mol. The molecule has 2 unspecified atom stereocenters. The van der Waals surface area contributed by atoms with Gasteiger partial charge in [-0.3, -0.25) is 9.80 Å². The van der Waals surface area contributed by atoms with Crippen LogP contribution in [0.5, 0.6) is 0 Å². The number of hydrogen-bond acceptors (Lipinski definition) is 3. The van der Waals surface area contributed by atoms with Gasteiger partial charge in [0.25, 0.3) is 0 Å². The molecule has 2 atom stereocenters. The predicted octanol–water partition coefficient (Wildman–Crippen LogP) is 2.33. The Balaban J connectivity index is 1.72. The lowest BCUT2D eigenvalue weighted by Gasteiger charge is -2.48. The number of nitrogens with zero attached hydrogens (tertiary/aromatic N) is 2. The number of piperazine rings is 1. The maximum atomic E-state index is 12.4. The largest absolute Gasteiger partial charge is 0.401 e. The zero-order valence-corrected chi connectivity index (χ0v) is 13.3. The Labute approximate surface area is 125 Å². The number of halogens is 3. The van der Waals surface area contributed by atoms with E-state index < -0.39 is 12.7 Å². The maximum Gasteiger partial charge on any atom is 0.401 e. The van der Waals surface area contributed by atoms with Crippen molar-refractivity contribution in [1.29, 1.82) is 0 Å². The Morgan fingerprint density at radius 2 is 1.62 bits per heavy atom. The van der Waals surface area contributed by atoms with Crippen molar-refractivity contribution in [2.45, 2.75) is 51.4 Å². The van der Waals surface area contributed by atoms with Crippen LogP contribution in [0.15, 0.2) is 0 Å². The third-order valence-corrected chi connectivity index (χ3v) is 4.55. The summed E-state index contributed by atoms with van der Waals surface area (Å²) in [5, 5.41) is 3.55. The molecule has 6 heteroatoms. The van der Waals surface area contributed by atoms with Crippen LogP contribution in [-0.2, 0) is 0 Å². The van der Waals surface area contributed by atoms with Crippen molar-refractivity contribution in [3.8, 4) is 0 Å². The molecule has 1 saturated heterocycles. The minimum atomic E-state index is -4.07. The van der Waals surface area contributed by atoms with E-state index in [9.17, 15) is 13.2 Å². The highest BCUT2D eigenvalue weighted by Crippen LogP contribution is 2.33. The molecule has 0 spiro atoms. The first-order chi connectivity index (χ1) is 9.64. The molecule has 0 radical (unpaired) electrons. The molecular formula is C15H28F3N3. The lowest BCUT2D eigenvalue weighted by Crippen LogP contribution is -2.58. The smallest absolute Gasteiger partial charge is 0.312 e. The molecule has 124 valence electrons. The summed E-state index contributed by atoms with van der Waals surface area (Å²) in [6.07, 6.45) is -1.65. The molecule has 0 aromatic carbocycles. The Morgan fingerprint density at radius 3 is 2.05 bits per heavy atom. The zero-order valence-electron chi connectivity index (χ0n) is 13.3. The first-order valence-corrected chi connectivity index (χ1v) is 7.92. The van der Waals surface area contributed by atoms with Crippen molar-refractivity contribution in [2.24, 2.45) is 5.92 Å². The molecule has 0 amide bonds. The fourth-order valence-electron chi connectivity index (χ4n) is 3.21. The summed E-state index contributed by atoms with van der Waals surface area (Å²) in [5.74, 6) is 0.651. The van der Waals surface area contributed by atoms with E-state index in [1.165, 1.54) is 17.7 Å². The van der Waals surface area contributed by atoms with Gasteiger partial charge in [0.15, 0.2) is 0 Å². The highest BCUT2D eigenvalue weighted by Gasteiger charge is 2.38. The summed E-state index contributed by atoms with van der Waals surface area (Å²) < 4.78 is 37.2.